The van der Waals surface area contributed by atoms with Gasteiger partial charge >= 0.3 is 0 Å². The van der Waals surface area contributed by atoms with Crippen LogP contribution in [0.5, 0.6) is 0 Å². The van der Waals surface area contributed by atoms with Crippen molar-refractivity contribution in [2.45, 2.75) is 133 Å². The molecule has 1 unspecified atom stereocenters. The summed E-state index contributed by atoms with van der Waals surface area (Å²) in [6.07, 6.45) is 1.60. The molecular weight excluding hydrogens is 406 g/mol. The molecule has 0 aromatic heterocycles. The van der Waals surface area contributed by atoms with Gasteiger partial charge in [-0.2, -0.15) is 5.06 Å². The molecule has 0 aromatic carbocycles. The van der Waals surface area contributed by atoms with E-state index in [0.717, 1.165) is 19.3 Å². The molecule has 6 aliphatic rings. The summed E-state index contributed by atoms with van der Waals surface area (Å²) in [5.41, 5.74) is 0. The third kappa shape index (κ3) is 3.66. The molecule has 6 fully saturated rings. The molecule has 2 bridgehead atoms. The van der Waals surface area contributed by atoms with Crippen LogP contribution >= 0.6 is 0 Å². The fraction of sp³-hybridized carbons (Fsp3) is 1.00. The van der Waals surface area contributed by atoms with E-state index < -0.39 is 23.7 Å². The van der Waals surface area contributed by atoms with Gasteiger partial charge in [-0.1, -0.05) is 0 Å². The van der Waals surface area contributed by atoms with Crippen LogP contribution in [0.4, 0.5) is 0 Å². The van der Waals surface area contributed by atoms with Crippen LogP contribution in [0, 0.1) is 0 Å². The van der Waals surface area contributed by atoms with Crippen molar-refractivity contribution in [1.29, 1.82) is 0 Å². The lowest BCUT2D eigenvalue weighted by Gasteiger charge is -2.40. The SMILES string of the molecule is CC1(C)O[C@H]2[C@@H](O1)[C@@H](C[C@@H]1C[C@H]3C[C@H]([C@H]4COC(C)(C)O4)N1O3)O[C@@H]1OC(C)(C)O[C@@H]12. The highest BCUT2D eigenvalue weighted by Crippen LogP contribution is 2.47. The lowest BCUT2D eigenvalue weighted by atomic mass is 9.88. The Bertz CT molecular complexity index is 728. The highest BCUT2D eigenvalue weighted by molar-refractivity contribution is 5.03. The second-order valence-electron chi connectivity index (χ2n) is 11.1. The molecule has 9 heteroatoms. The molecule has 9 nitrogen and oxygen atoms in total. The maximum absolute atomic E-state index is 6.43. The van der Waals surface area contributed by atoms with Gasteiger partial charge in [-0.15, -0.1) is 0 Å². The first kappa shape index (κ1) is 21.2. The van der Waals surface area contributed by atoms with Crippen LogP contribution in [0.1, 0.15) is 60.8 Å². The zero-order valence-corrected chi connectivity index (χ0v) is 19.2. The molecule has 0 spiro atoms. The molecule has 0 N–H and O–H groups in total. The van der Waals surface area contributed by atoms with Crippen molar-refractivity contribution in [3.63, 3.8) is 0 Å². The van der Waals surface area contributed by atoms with E-state index in [-0.39, 0.29) is 48.7 Å². The summed E-state index contributed by atoms with van der Waals surface area (Å²) in [5, 5.41) is 2.14. The van der Waals surface area contributed by atoms with Crippen LogP contribution in [0.25, 0.3) is 0 Å². The standard InChI is InChI=1S/C22H35NO8/c1-20(2)24-10-15(26-20)13-9-12-7-11(23(13)31-12)8-14-16-17(28-21(3,4)27-16)18-19(25-14)30-22(5,6)29-18/h11-19H,7-10H2,1-6H3/t11-,12-,13+,14+,15+,16-,17-,18+,19+/m0/s1. The molecule has 6 aliphatic heterocycles. The van der Waals surface area contributed by atoms with Crippen LogP contribution < -0.4 is 0 Å². The predicted octanol–water partition coefficient (Wildman–Crippen LogP) is 2.07. The zero-order valence-electron chi connectivity index (χ0n) is 19.2. The summed E-state index contributed by atoms with van der Waals surface area (Å²) in [5.74, 6) is -1.93. The number of hydrogen-bond donors (Lipinski definition) is 0. The Morgan fingerprint density at radius 2 is 1.48 bits per heavy atom. The van der Waals surface area contributed by atoms with Gasteiger partial charge in [0.15, 0.2) is 23.7 Å². The largest absolute Gasteiger partial charge is 0.348 e. The van der Waals surface area contributed by atoms with Gasteiger partial charge in [-0.3, -0.25) is 4.84 Å². The first-order chi connectivity index (χ1) is 14.5. The molecule has 31 heavy (non-hydrogen) atoms. The molecule has 0 radical (unpaired) electrons. The molecule has 0 aliphatic carbocycles. The molecule has 10 atom stereocenters. The van der Waals surface area contributed by atoms with E-state index in [0.29, 0.717) is 6.61 Å². The first-order valence-electron chi connectivity index (χ1n) is 11.6. The predicted molar refractivity (Wildman–Crippen MR) is 106 cm³/mol. The quantitative estimate of drug-likeness (QED) is 0.654. The van der Waals surface area contributed by atoms with E-state index in [9.17, 15) is 0 Å². The van der Waals surface area contributed by atoms with E-state index in [1.54, 1.807) is 0 Å². The number of fused-ring (bicyclic) bond motifs is 5. The Hall–Kier alpha value is -0.360. The summed E-state index contributed by atoms with van der Waals surface area (Å²) in [7, 11) is 0. The fourth-order valence-corrected chi connectivity index (χ4v) is 6.14. The van der Waals surface area contributed by atoms with E-state index in [1.807, 2.05) is 41.5 Å². The normalized spacial score (nSPS) is 53.6. The molecule has 6 saturated heterocycles. The summed E-state index contributed by atoms with van der Waals surface area (Å²) in [6.45, 7) is 12.2. The summed E-state index contributed by atoms with van der Waals surface area (Å²) in [6, 6.07) is 0.417. The minimum Gasteiger partial charge on any atom is -0.348 e. The van der Waals surface area contributed by atoms with Gasteiger partial charge in [-0.05, 0) is 60.8 Å². The Labute approximate surface area is 183 Å². The van der Waals surface area contributed by atoms with Gasteiger partial charge in [0.25, 0.3) is 0 Å². The van der Waals surface area contributed by atoms with Crippen molar-refractivity contribution >= 4 is 0 Å². The smallest absolute Gasteiger partial charge is 0.190 e. The minimum absolute atomic E-state index is 0.0181. The lowest BCUT2D eigenvalue weighted by molar-refractivity contribution is -0.242. The van der Waals surface area contributed by atoms with Crippen LogP contribution in [0.3, 0.4) is 0 Å². The van der Waals surface area contributed by atoms with Gasteiger partial charge in [0.05, 0.1) is 24.9 Å². The van der Waals surface area contributed by atoms with Crippen molar-refractivity contribution in [1.82, 2.24) is 5.06 Å². The van der Waals surface area contributed by atoms with Crippen molar-refractivity contribution in [2.24, 2.45) is 0 Å². The Balaban J connectivity index is 1.18. The first-order valence-corrected chi connectivity index (χ1v) is 11.6. The Kier molecular flexibility index (Phi) is 4.67. The number of rotatable bonds is 3. The van der Waals surface area contributed by atoms with Crippen LogP contribution in [0.15, 0.2) is 0 Å². The average molecular weight is 442 g/mol. The van der Waals surface area contributed by atoms with Crippen molar-refractivity contribution < 1.29 is 38.0 Å². The molecule has 0 aromatic rings. The Morgan fingerprint density at radius 3 is 2.19 bits per heavy atom. The van der Waals surface area contributed by atoms with E-state index in [1.165, 1.54) is 0 Å². The maximum Gasteiger partial charge on any atom is 0.190 e. The summed E-state index contributed by atoms with van der Waals surface area (Å²) < 4.78 is 43.1. The van der Waals surface area contributed by atoms with Crippen LogP contribution in [-0.4, -0.2) is 84.0 Å². The highest BCUT2D eigenvalue weighted by atomic mass is 16.9. The zero-order chi connectivity index (χ0) is 21.8. The second kappa shape index (κ2) is 6.84. The van der Waals surface area contributed by atoms with E-state index in [2.05, 4.69) is 5.06 Å². The maximum atomic E-state index is 6.43. The third-order valence-electron chi connectivity index (χ3n) is 7.21. The molecule has 0 amide bonds. The van der Waals surface area contributed by atoms with Crippen molar-refractivity contribution in [2.75, 3.05) is 6.61 Å². The van der Waals surface area contributed by atoms with Gasteiger partial charge in [0.1, 0.15) is 24.4 Å². The fourth-order valence-electron chi connectivity index (χ4n) is 6.14. The number of hydroxylamine groups is 2. The minimum atomic E-state index is -0.707. The third-order valence-corrected chi connectivity index (χ3v) is 7.21. The van der Waals surface area contributed by atoms with Gasteiger partial charge in [0, 0.05) is 6.04 Å². The summed E-state index contributed by atoms with van der Waals surface area (Å²) >= 11 is 0. The Morgan fingerprint density at radius 1 is 0.774 bits per heavy atom. The molecular formula is C22H35NO8. The van der Waals surface area contributed by atoms with Crippen LogP contribution in [-0.2, 0) is 38.0 Å². The van der Waals surface area contributed by atoms with Crippen molar-refractivity contribution in [3.8, 4) is 0 Å². The highest BCUT2D eigenvalue weighted by Gasteiger charge is 2.62. The number of ether oxygens (including phenoxy) is 7. The lowest BCUT2D eigenvalue weighted by Crippen LogP contribution is -2.57. The molecule has 0 saturated carbocycles. The van der Waals surface area contributed by atoms with Crippen molar-refractivity contribution in [3.05, 3.63) is 0 Å². The average Bonchev–Trinajstić information content (AvgIpc) is 3.41. The van der Waals surface area contributed by atoms with Crippen LogP contribution in [0.2, 0.25) is 0 Å². The summed E-state index contributed by atoms with van der Waals surface area (Å²) in [4.78, 5) is 6.21. The van der Waals surface area contributed by atoms with E-state index >= 15 is 0 Å². The van der Waals surface area contributed by atoms with E-state index in [4.69, 9.17) is 38.0 Å². The van der Waals surface area contributed by atoms with Gasteiger partial charge in [0.2, 0.25) is 0 Å². The monoisotopic (exact) mass is 441 g/mol. The number of piperidine rings is 1. The number of hydrogen-bond acceptors (Lipinski definition) is 9. The second-order valence-corrected chi connectivity index (χ2v) is 11.1. The van der Waals surface area contributed by atoms with Gasteiger partial charge in [-0.25, -0.2) is 0 Å². The molecule has 6 rings (SSSR count). The molecule has 6 heterocycles. The molecule has 176 valence electrons. The number of nitrogens with zero attached hydrogens (tertiary/aromatic N) is 1. The topological polar surface area (TPSA) is 77.1 Å². The van der Waals surface area contributed by atoms with Gasteiger partial charge < -0.3 is 33.2 Å².